The van der Waals surface area contributed by atoms with Gasteiger partial charge in [-0.1, -0.05) is 24.3 Å². The SMILES string of the molecule is C[C@H]1[C@H]2CCC3(N(C)C(=O)c4c(O)c(=O)c(-c5nnc(Cc6ccc(F)cc6F)s5)cn4N3C)[C@]21CO. The van der Waals surface area contributed by atoms with Gasteiger partial charge in [-0.2, -0.15) is 0 Å². The fourth-order valence-corrected chi connectivity index (χ4v) is 7.85. The number of aliphatic hydroxyl groups is 1. The maximum atomic E-state index is 14.1. The Morgan fingerprint density at radius 3 is 2.65 bits per heavy atom. The highest BCUT2D eigenvalue weighted by atomic mass is 32.1. The van der Waals surface area contributed by atoms with Gasteiger partial charge in [-0.05, 0) is 36.3 Å². The predicted octanol–water partition coefficient (Wildman–Crippen LogP) is 2.33. The summed E-state index contributed by atoms with van der Waals surface area (Å²) < 4.78 is 28.9. The molecule has 2 saturated carbocycles. The third kappa shape index (κ3) is 2.90. The molecule has 1 amide bonds. The lowest BCUT2D eigenvalue weighted by atomic mass is 9.84. The number of carbonyl (C=O) groups excluding carboxylic acids is 1. The number of aromatic hydroxyl groups is 1. The van der Waals surface area contributed by atoms with Gasteiger partial charge in [0.05, 0.1) is 12.2 Å². The summed E-state index contributed by atoms with van der Waals surface area (Å²) in [6, 6.07) is 3.27. The Bertz CT molecular complexity index is 1530. The summed E-state index contributed by atoms with van der Waals surface area (Å²) in [7, 11) is 3.43. The van der Waals surface area contributed by atoms with Crippen LogP contribution in [0.3, 0.4) is 0 Å². The lowest BCUT2D eigenvalue weighted by molar-refractivity contribution is -0.0128. The zero-order valence-corrected chi connectivity index (χ0v) is 21.2. The topological polar surface area (TPSA) is 112 Å². The molecule has 2 fully saturated rings. The van der Waals surface area contributed by atoms with Crippen molar-refractivity contribution in [2.75, 3.05) is 25.7 Å². The van der Waals surface area contributed by atoms with Crippen LogP contribution < -0.4 is 10.4 Å². The number of halogens is 2. The van der Waals surface area contributed by atoms with Crippen molar-refractivity contribution in [2.24, 2.45) is 17.3 Å². The minimum absolute atomic E-state index is 0.0420. The van der Waals surface area contributed by atoms with Crippen LogP contribution in [0.15, 0.2) is 29.2 Å². The Kier molecular flexibility index (Phi) is 5.06. The van der Waals surface area contributed by atoms with E-state index in [0.717, 1.165) is 29.9 Å². The van der Waals surface area contributed by atoms with Gasteiger partial charge in [-0.25, -0.2) is 8.78 Å². The lowest BCUT2D eigenvalue weighted by Crippen LogP contribution is -2.72. The first kappa shape index (κ1) is 24.0. The summed E-state index contributed by atoms with van der Waals surface area (Å²) in [5.74, 6) is -2.13. The van der Waals surface area contributed by atoms with E-state index in [0.29, 0.717) is 11.4 Å². The van der Waals surface area contributed by atoms with Crippen LogP contribution in [0, 0.1) is 28.9 Å². The van der Waals surface area contributed by atoms with E-state index >= 15 is 0 Å². The first-order valence-electron chi connectivity index (χ1n) is 12.0. The van der Waals surface area contributed by atoms with Gasteiger partial charge in [0.15, 0.2) is 16.5 Å². The van der Waals surface area contributed by atoms with Gasteiger partial charge in [-0.15, -0.1) is 10.2 Å². The van der Waals surface area contributed by atoms with Crippen molar-refractivity contribution in [3.8, 4) is 16.3 Å². The van der Waals surface area contributed by atoms with Crippen LogP contribution >= 0.6 is 11.3 Å². The van der Waals surface area contributed by atoms with Crippen LogP contribution in [-0.4, -0.2) is 62.3 Å². The molecule has 3 heterocycles. The molecule has 12 heteroatoms. The Morgan fingerprint density at radius 1 is 1.22 bits per heavy atom. The molecule has 37 heavy (non-hydrogen) atoms. The highest BCUT2D eigenvalue weighted by molar-refractivity contribution is 7.14. The summed E-state index contributed by atoms with van der Waals surface area (Å²) in [6.45, 7) is 1.99. The molecule has 1 spiro atoms. The van der Waals surface area contributed by atoms with Crippen LogP contribution in [0.5, 0.6) is 5.75 Å². The number of carbonyl (C=O) groups is 1. The minimum atomic E-state index is -0.832. The maximum absolute atomic E-state index is 14.1. The summed E-state index contributed by atoms with van der Waals surface area (Å²) >= 11 is 1.05. The molecule has 2 N–H and O–H groups in total. The molecule has 3 aliphatic rings. The average molecular weight is 530 g/mol. The van der Waals surface area contributed by atoms with Crippen molar-refractivity contribution >= 4 is 17.2 Å². The van der Waals surface area contributed by atoms with Gasteiger partial charge >= 0.3 is 0 Å². The van der Waals surface area contributed by atoms with E-state index in [1.165, 1.54) is 16.9 Å². The maximum Gasteiger partial charge on any atom is 0.278 e. The monoisotopic (exact) mass is 529 g/mol. The number of benzene rings is 1. The van der Waals surface area contributed by atoms with Gasteiger partial charge in [0.1, 0.15) is 22.3 Å². The molecule has 0 saturated heterocycles. The average Bonchev–Trinajstić information content (AvgIpc) is 3.19. The molecule has 9 nitrogen and oxygen atoms in total. The molecule has 6 rings (SSSR count). The molecule has 2 aliphatic carbocycles. The number of aliphatic hydroxyl groups excluding tert-OH is 1. The molecule has 194 valence electrons. The number of amides is 1. The van der Waals surface area contributed by atoms with Crippen molar-refractivity contribution in [1.82, 2.24) is 19.8 Å². The van der Waals surface area contributed by atoms with Gasteiger partial charge in [0.25, 0.3) is 5.91 Å². The molecular weight excluding hydrogens is 504 g/mol. The summed E-state index contributed by atoms with van der Waals surface area (Å²) in [6.07, 6.45) is 3.00. The zero-order chi connectivity index (χ0) is 26.4. The Labute approximate surface area is 214 Å². The van der Waals surface area contributed by atoms with E-state index in [9.17, 15) is 28.6 Å². The van der Waals surface area contributed by atoms with Crippen LogP contribution in [0.25, 0.3) is 10.6 Å². The molecule has 1 unspecified atom stereocenters. The molecule has 4 atom stereocenters. The molecule has 2 aromatic heterocycles. The number of hydrogen-bond acceptors (Lipinski definition) is 8. The van der Waals surface area contributed by atoms with Crippen molar-refractivity contribution < 1.29 is 23.8 Å². The van der Waals surface area contributed by atoms with Crippen molar-refractivity contribution in [2.45, 2.75) is 31.8 Å². The Balaban J connectivity index is 1.43. The second-order valence-electron chi connectivity index (χ2n) is 10.2. The van der Waals surface area contributed by atoms with Crippen molar-refractivity contribution in [3.63, 3.8) is 0 Å². The molecule has 0 bridgehead atoms. The number of hydrogen-bond donors (Lipinski definition) is 2. The number of fused-ring (bicyclic) bond motifs is 3. The molecule has 3 aromatic rings. The lowest BCUT2D eigenvalue weighted by Gasteiger charge is -2.56. The third-order valence-electron chi connectivity index (χ3n) is 8.92. The number of pyridine rings is 1. The summed E-state index contributed by atoms with van der Waals surface area (Å²) in [4.78, 5) is 28.3. The van der Waals surface area contributed by atoms with Gasteiger partial charge in [-0.3, -0.25) is 19.3 Å². The first-order chi connectivity index (χ1) is 17.6. The highest BCUT2D eigenvalue weighted by Crippen LogP contribution is 2.74. The second-order valence-corrected chi connectivity index (χ2v) is 11.2. The van der Waals surface area contributed by atoms with Crippen molar-refractivity contribution in [3.05, 3.63) is 62.5 Å². The van der Waals surface area contributed by atoms with Crippen LogP contribution in [-0.2, 0) is 6.42 Å². The van der Waals surface area contributed by atoms with Crippen LogP contribution in [0.2, 0.25) is 0 Å². The van der Waals surface area contributed by atoms with Crippen LogP contribution in [0.4, 0.5) is 8.78 Å². The molecular formula is C25H25F2N5O4S. The summed E-state index contributed by atoms with van der Waals surface area (Å²) in [5.41, 5.74) is -2.01. The zero-order valence-electron chi connectivity index (χ0n) is 20.4. The fraction of sp³-hybridized carbons (Fsp3) is 0.440. The normalized spacial score (nSPS) is 28.1. The Morgan fingerprint density at radius 2 is 1.97 bits per heavy atom. The van der Waals surface area contributed by atoms with Gasteiger partial charge in [0.2, 0.25) is 5.43 Å². The standard InChI is InChI=1S/C25H25F2N5O4S/c1-12-16-6-7-25(24(12,16)11-33)30(2)23(36)19-21(35)20(34)15(10-32(19)31(25)3)22-29-28-18(37-22)8-13-4-5-14(26)9-17(13)27/h4-5,9-10,12,16,33,35H,6-8,11H2,1-3H3/t12-,16+,24-,25?/m0/s1. The van der Waals surface area contributed by atoms with E-state index in [1.807, 2.05) is 5.01 Å². The van der Waals surface area contributed by atoms with Crippen LogP contribution in [0.1, 0.15) is 40.8 Å². The van der Waals surface area contributed by atoms with Gasteiger partial charge < -0.3 is 15.1 Å². The molecule has 0 radical (unpaired) electrons. The van der Waals surface area contributed by atoms with Gasteiger partial charge in [0, 0.05) is 38.2 Å². The Hall–Kier alpha value is -3.38. The molecule has 1 aliphatic heterocycles. The fourth-order valence-electron chi connectivity index (χ4n) is 6.98. The first-order valence-corrected chi connectivity index (χ1v) is 12.8. The van der Waals surface area contributed by atoms with E-state index in [4.69, 9.17) is 0 Å². The second kappa shape index (κ2) is 7.81. The number of rotatable bonds is 4. The van der Waals surface area contributed by atoms with Crippen molar-refractivity contribution in [1.29, 1.82) is 0 Å². The van der Waals surface area contributed by atoms with E-state index in [-0.39, 0.29) is 46.7 Å². The number of aromatic nitrogens is 3. The van der Waals surface area contributed by atoms with E-state index in [1.54, 1.807) is 19.0 Å². The smallest absolute Gasteiger partial charge is 0.278 e. The third-order valence-corrected chi connectivity index (χ3v) is 9.88. The predicted molar refractivity (Wildman–Crippen MR) is 131 cm³/mol. The molecule has 1 aromatic carbocycles. The minimum Gasteiger partial charge on any atom is -0.502 e. The number of nitrogens with zero attached hydrogens (tertiary/aromatic N) is 5. The quantitative estimate of drug-likeness (QED) is 0.534. The van der Waals surface area contributed by atoms with E-state index in [2.05, 4.69) is 17.1 Å². The summed E-state index contributed by atoms with van der Waals surface area (Å²) in [5, 5.41) is 31.9. The largest absolute Gasteiger partial charge is 0.502 e. The highest BCUT2D eigenvalue weighted by Gasteiger charge is 2.79. The van der Waals surface area contributed by atoms with E-state index < -0.39 is 39.8 Å².